The van der Waals surface area contributed by atoms with Crippen LogP contribution < -0.4 is 4.90 Å². The highest BCUT2D eigenvalue weighted by Crippen LogP contribution is 2.19. The number of rotatable bonds is 3. The molecule has 114 valence electrons. The molecule has 0 saturated carbocycles. The van der Waals surface area contributed by atoms with Crippen LogP contribution in [0.25, 0.3) is 0 Å². The van der Waals surface area contributed by atoms with Crippen LogP contribution >= 0.6 is 11.6 Å². The van der Waals surface area contributed by atoms with Crippen LogP contribution in [0.2, 0.25) is 5.02 Å². The molecule has 1 saturated heterocycles. The van der Waals surface area contributed by atoms with Crippen molar-refractivity contribution in [2.75, 3.05) is 31.1 Å². The van der Waals surface area contributed by atoms with Gasteiger partial charge in [0.05, 0.1) is 19.3 Å². The summed E-state index contributed by atoms with van der Waals surface area (Å²) in [5, 5.41) is 16.7. The number of nitrogens with zero attached hydrogens (tertiary/aromatic N) is 3. The molecule has 1 N–H and O–H groups in total. The van der Waals surface area contributed by atoms with E-state index in [1.54, 1.807) is 18.3 Å². The van der Waals surface area contributed by atoms with Gasteiger partial charge in [0.15, 0.2) is 0 Å². The monoisotopic (exact) mass is 315 g/mol. The van der Waals surface area contributed by atoms with Crippen LogP contribution in [0.15, 0.2) is 53.6 Å². The number of hydrogen-bond acceptors (Lipinski definition) is 4. The first-order valence-electron chi connectivity index (χ1n) is 7.29. The third-order valence-electron chi connectivity index (χ3n) is 3.69. The highest BCUT2D eigenvalue weighted by molar-refractivity contribution is 6.30. The Hall–Kier alpha value is -2.20. The molecule has 0 amide bonds. The normalized spacial score (nSPS) is 15.5. The van der Waals surface area contributed by atoms with E-state index in [1.165, 1.54) is 5.69 Å². The lowest BCUT2D eigenvalue weighted by Gasteiger charge is -2.34. The Bertz CT molecular complexity index is 649. The lowest BCUT2D eigenvalue weighted by molar-refractivity contribution is 0.272. The zero-order valence-electron chi connectivity index (χ0n) is 12.2. The van der Waals surface area contributed by atoms with E-state index in [4.69, 9.17) is 11.6 Å². The van der Waals surface area contributed by atoms with E-state index in [-0.39, 0.29) is 5.75 Å². The SMILES string of the molecule is Oc1cccc(/C=N/N2CCN(c3ccc(Cl)cc3)CC2)c1. The van der Waals surface area contributed by atoms with Gasteiger partial charge in [-0.05, 0) is 42.0 Å². The Morgan fingerprint density at radius 2 is 1.73 bits per heavy atom. The molecular weight excluding hydrogens is 298 g/mol. The number of anilines is 1. The van der Waals surface area contributed by atoms with Crippen molar-refractivity contribution >= 4 is 23.5 Å². The average Bonchev–Trinajstić information content (AvgIpc) is 2.54. The zero-order chi connectivity index (χ0) is 15.4. The topological polar surface area (TPSA) is 39.1 Å². The predicted molar refractivity (Wildman–Crippen MR) is 90.9 cm³/mol. The second-order valence-corrected chi connectivity index (χ2v) is 5.69. The predicted octanol–water partition coefficient (Wildman–Crippen LogP) is 3.20. The van der Waals surface area contributed by atoms with E-state index in [0.29, 0.717) is 0 Å². The van der Waals surface area contributed by atoms with Gasteiger partial charge in [0.1, 0.15) is 5.75 Å². The maximum Gasteiger partial charge on any atom is 0.116 e. The first-order chi connectivity index (χ1) is 10.7. The summed E-state index contributed by atoms with van der Waals surface area (Å²) in [6.45, 7) is 3.61. The molecule has 1 heterocycles. The molecule has 0 spiro atoms. The van der Waals surface area contributed by atoms with Crippen LogP contribution in [0.4, 0.5) is 5.69 Å². The molecule has 22 heavy (non-hydrogen) atoms. The number of hydrazone groups is 1. The van der Waals surface area contributed by atoms with E-state index in [9.17, 15) is 5.11 Å². The quantitative estimate of drug-likeness (QED) is 0.884. The molecule has 3 rings (SSSR count). The molecule has 0 bridgehead atoms. The standard InChI is InChI=1S/C17H18ClN3O/c18-15-4-6-16(7-5-15)20-8-10-21(11-9-20)19-13-14-2-1-3-17(22)12-14/h1-7,12-13,22H,8-11H2/b19-13+. The van der Waals surface area contributed by atoms with Gasteiger partial charge in [-0.2, -0.15) is 5.10 Å². The van der Waals surface area contributed by atoms with Gasteiger partial charge >= 0.3 is 0 Å². The number of halogens is 1. The van der Waals surface area contributed by atoms with Gasteiger partial charge in [0.2, 0.25) is 0 Å². The van der Waals surface area contributed by atoms with E-state index in [2.05, 4.69) is 15.0 Å². The van der Waals surface area contributed by atoms with Crippen molar-refractivity contribution in [1.82, 2.24) is 5.01 Å². The lowest BCUT2D eigenvalue weighted by Crippen LogP contribution is -2.44. The van der Waals surface area contributed by atoms with Crippen molar-refractivity contribution in [3.8, 4) is 5.75 Å². The van der Waals surface area contributed by atoms with E-state index in [1.807, 2.05) is 36.4 Å². The van der Waals surface area contributed by atoms with Crippen molar-refractivity contribution in [3.05, 3.63) is 59.1 Å². The average molecular weight is 316 g/mol. The summed E-state index contributed by atoms with van der Waals surface area (Å²) in [6, 6.07) is 15.0. The third kappa shape index (κ3) is 3.71. The summed E-state index contributed by atoms with van der Waals surface area (Å²) in [5.41, 5.74) is 2.10. The molecule has 0 unspecified atom stereocenters. The van der Waals surface area contributed by atoms with Crippen LogP contribution in [0.3, 0.4) is 0 Å². The number of hydrogen-bond donors (Lipinski definition) is 1. The molecule has 1 aliphatic heterocycles. The summed E-state index contributed by atoms with van der Waals surface area (Å²) in [5.74, 6) is 0.261. The number of aromatic hydroxyl groups is 1. The Balaban J connectivity index is 1.56. The minimum absolute atomic E-state index is 0.261. The van der Waals surface area contributed by atoms with Crippen LogP contribution in [-0.2, 0) is 0 Å². The fourth-order valence-corrected chi connectivity index (χ4v) is 2.60. The summed E-state index contributed by atoms with van der Waals surface area (Å²) >= 11 is 5.92. The number of benzene rings is 2. The van der Waals surface area contributed by atoms with E-state index in [0.717, 1.165) is 36.8 Å². The van der Waals surface area contributed by atoms with Crippen molar-refractivity contribution in [2.45, 2.75) is 0 Å². The van der Waals surface area contributed by atoms with Gasteiger partial charge in [0, 0.05) is 23.8 Å². The second-order valence-electron chi connectivity index (χ2n) is 5.26. The Morgan fingerprint density at radius 1 is 1.00 bits per heavy atom. The maximum absolute atomic E-state index is 9.44. The highest BCUT2D eigenvalue weighted by atomic mass is 35.5. The van der Waals surface area contributed by atoms with E-state index < -0.39 is 0 Å². The van der Waals surface area contributed by atoms with Gasteiger partial charge in [-0.3, -0.25) is 5.01 Å². The zero-order valence-corrected chi connectivity index (χ0v) is 12.9. The molecule has 5 heteroatoms. The van der Waals surface area contributed by atoms with Crippen LogP contribution in [-0.4, -0.2) is 42.5 Å². The van der Waals surface area contributed by atoms with E-state index >= 15 is 0 Å². The Labute approximate surface area is 135 Å². The van der Waals surface area contributed by atoms with Crippen LogP contribution in [0.1, 0.15) is 5.56 Å². The lowest BCUT2D eigenvalue weighted by atomic mass is 10.2. The van der Waals surface area contributed by atoms with Gasteiger partial charge in [0.25, 0.3) is 0 Å². The van der Waals surface area contributed by atoms with Crippen molar-refractivity contribution in [1.29, 1.82) is 0 Å². The first-order valence-corrected chi connectivity index (χ1v) is 7.67. The molecule has 2 aromatic carbocycles. The molecule has 1 fully saturated rings. The van der Waals surface area contributed by atoms with Gasteiger partial charge < -0.3 is 10.0 Å². The molecule has 0 atom stereocenters. The van der Waals surface area contributed by atoms with Crippen molar-refractivity contribution in [2.24, 2.45) is 5.10 Å². The molecule has 1 aliphatic rings. The minimum atomic E-state index is 0.261. The first kappa shape index (κ1) is 14.7. The largest absolute Gasteiger partial charge is 0.508 e. The number of phenolic OH excluding ortho intramolecular Hbond substituents is 1. The smallest absolute Gasteiger partial charge is 0.116 e. The summed E-state index contributed by atoms with van der Waals surface area (Å²) in [4.78, 5) is 2.33. The fourth-order valence-electron chi connectivity index (χ4n) is 2.47. The molecular formula is C17H18ClN3O. The van der Waals surface area contributed by atoms with Crippen LogP contribution in [0.5, 0.6) is 5.75 Å². The summed E-state index contributed by atoms with van der Waals surface area (Å²) < 4.78 is 0. The van der Waals surface area contributed by atoms with Gasteiger partial charge in [-0.1, -0.05) is 23.7 Å². The summed E-state index contributed by atoms with van der Waals surface area (Å²) in [7, 11) is 0. The second kappa shape index (κ2) is 6.71. The fraction of sp³-hybridized carbons (Fsp3) is 0.235. The Morgan fingerprint density at radius 3 is 2.41 bits per heavy atom. The van der Waals surface area contributed by atoms with Crippen molar-refractivity contribution < 1.29 is 5.11 Å². The number of phenols is 1. The van der Waals surface area contributed by atoms with Gasteiger partial charge in [-0.15, -0.1) is 0 Å². The molecule has 0 radical (unpaired) electrons. The molecule has 0 aliphatic carbocycles. The molecule has 4 nitrogen and oxygen atoms in total. The molecule has 2 aromatic rings. The van der Waals surface area contributed by atoms with Gasteiger partial charge in [-0.25, -0.2) is 0 Å². The maximum atomic E-state index is 9.44. The third-order valence-corrected chi connectivity index (χ3v) is 3.94. The van der Waals surface area contributed by atoms with Crippen LogP contribution in [0, 0.1) is 0 Å². The summed E-state index contributed by atoms with van der Waals surface area (Å²) in [6.07, 6.45) is 1.79. The van der Waals surface area contributed by atoms with Crippen molar-refractivity contribution in [3.63, 3.8) is 0 Å². The molecule has 0 aromatic heterocycles. The Kier molecular flexibility index (Phi) is 4.49. The highest BCUT2D eigenvalue weighted by Gasteiger charge is 2.15. The number of piperazine rings is 1. The minimum Gasteiger partial charge on any atom is -0.508 e.